The van der Waals surface area contributed by atoms with Crippen molar-refractivity contribution in [2.24, 2.45) is 0 Å². The van der Waals surface area contributed by atoms with Crippen LogP contribution in [0.4, 0.5) is 13.2 Å². The van der Waals surface area contributed by atoms with Gasteiger partial charge in [0.2, 0.25) is 11.8 Å². The molecule has 1 saturated heterocycles. The minimum absolute atomic E-state index is 0.0105. The highest BCUT2D eigenvalue weighted by Gasteiger charge is 2.31. The number of nitrogens with zero attached hydrogens (tertiary/aromatic N) is 3. The molecule has 1 amide bonds. The van der Waals surface area contributed by atoms with E-state index in [0.717, 1.165) is 12.1 Å². The van der Waals surface area contributed by atoms with Gasteiger partial charge < -0.3 is 19.1 Å². The lowest BCUT2D eigenvalue weighted by molar-refractivity contribution is -0.137. The van der Waals surface area contributed by atoms with Crippen LogP contribution in [0, 0.1) is 0 Å². The molecule has 0 saturated carbocycles. The van der Waals surface area contributed by atoms with Gasteiger partial charge in [-0.25, -0.2) is 0 Å². The molecule has 0 bridgehead atoms. The van der Waals surface area contributed by atoms with Gasteiger partial charge >= 0.3 is 6.18 Å². The number of hydrogen-bond donors (Lipinski definition) is 0. The maximum absolute atomic E-state index is 12.7. The van der Waals surface area contributed by atoms with Crippen molar-refractivity contribution in [3.05, 3.63) is 42.0 Å². The Morgan fingerprint density at radius 2 is 1.96 bits per heavy atom. The van der Waals surface area contributed by atoms with Gasteiger partial charge in [0.05, 0.1) is 19.2 Å². The molecule has 0 aliphatic carbocycles. The van der Waals surface area contributed by atoms with Gasteiger partial charge in [-0.15, -0.1) is 10.2 Å². The van der Waals surface area contributed by atoms with Crippen molar-refractivity contribution in [3.8, 4) is 17.5 Å². The lowest BCUT2D eigenvalue weighted by atomic mass is 10.2. The van der Waals surface area contributed by atoms with Gasteiger partial charge in [-0.3, -0.25) is 4.79 Å². The second-order valence-corrected chi connectivity index (χ2v) is 6.10. The molecule has 1 aliphatic rings. The smallest absolute Gasteiger partial charge is 0.416 e. The summed E-state index contributed by atoms with van der Waals surface area (Å²) >= 11 is 0. The number of hydrogen-bond acceptors (Lipinski definition) is 6. The van der Waals surface area contributed by atoms with E-state index < -0.39 is 11.7 Å². The largest absolute Gasteiger partial charge is 0.484 e. The van der Waals surface area contributed by atoms with E-state index in [1.807, 2.05) is 0 Å². The van der Waals surface area contributed by atoms with Crippen molar-refractivity contribution in [3.63, 3.8) is 0 Å². The number of amides is 1. The van der Waals surface area contributed by atoms with Crippen molar-refractivity contribution < 1.29 is 32.2 Å². The van der Waals surface area contributed by atoms with E-state index in [2.05, 4.69) is 10.2 Å². The number of carbonyl (C=O) groups is 1. The molecule has 2 heterocycles. The molecular weight excluding hydrogens is 379 g/mol. The van der Waals surface area contributed by atoms with E-state index >= 15 is 0 Å². The molecular formula is C18H18F3N3O4. The second-order valence-electron chi connectivity index (χ2n) is 6.10. The zero-order valence-electron chi connectivity index (χ0n) is 15.0. The summed E-state index contributed by atoms with van der Waals surface area (Å²) in [6.45, 7) is 0.438. The summed E-state index contributed by atoms with van der Waals surface area (Å²) in [6, 6.07) is 7.65. The number of benzene rings is 1. The molecule has 0 spiro atoms. The molecule has 3 rings (SSSR count). The van der Waals surface area contributed by atoms with Gasteiger partial charge in [0.25, 0.3) is 5.91 Å². The lowest BCUT2D eigenvalue weighted by Gasteiger charge is -2.17. The van der Waals surface area contributed by atoms with Gasteiger partial charge in [0.15, 0.2) is 6.61 Å². The summed E-state index contributed by atoms with van der Waals surface area (Å²) in [4.78, 5) is 13.8. The number of ether oxygens (including phenoxy) is 3. The summed E-state index contributed by atoms with van der Waals surface area (Å²) in [7, 11) is 1.48. The molecule has 150 valence electrons. The lowest BCUT2D eigenvalue weighted by Crippen LogP contribution is -2.34. The third-order valence-corrected chi connectivity index (χ3v) is 4.13. The monoisotopic (exact) mass is 397 g/mol. The third-order valence-electron chi connectivity index (χ3n) is 4.13. The number of carbonyl (C=O) groups excluding carboxylic acids is 1. The first-order chi connectivity index (χ1) is 13.3. The Morgan fingerprint density at radius 3 is 2.64 bits per heavy atom. The average molecular weight is 397 g/mol. The van der Waals surface area contributed by atoms with Crippen LogP contribution in [0.2, 0.25) is 0 Å². The molecule has 2 aromatic rings. The topological polar surface area (TPSA) is 73.8 Å². The Hall–Kier alpha value is -3.04. The highest BCUT2D eigenvalue weighted by Crippen LogP contribution is 2.31. The number of methoxy groups -OCH3 is 1. The van der Waals surface area contributed by atoms with Gasteiger partial charge in [0.1, 0.15) is 11.9 Å². The molecule has 1 unspecified atom stereocenters. The van der Waals surface area contributed by atoms with Gasteiger partial charge in [-0.2, -0.15) is 13.2 Å². The van der Waals surface area contributed by atoms with Crippen LogP contribution < -0.4 is 14.2 Å². The predicted molar refractivity (Wildman–Crippen MR) is 91.1 cm³/mol. The van der Waals surface area contributed by atoms with Crippen LogP contribution in [0.25, 0.3) is 0 Å². The highest BCUT2D eigenvalue weighted by atomic mass is 19.4. The zero-order valence-corrected chi connectivity index (χ0v) is 15.0. The number of halogens is 3. The van der Waals surface area contributed by atoms with Crippen LogP contribution in [0.1, 0.15) is 12.0 Å². The van der Waals surface area contributed by atoms with E-state index in [-0.39, 0.29) is 24.4 Å². The van der Waals surface area contributed by atoms with E-state index in [1.54, 1.807) is 12.1 Å². The maximum Gasteiger partial charge on any atom is 0.416 e. The minimum atomic E-state index is -4.47. The van der Waals surface area contributed by atoms with Crippen molar-refractivity contribution in [1.29, 1.82) is 0 Å². The summed E-state index contributed by atoms with van der Waals surface area (Å²) in [5.41, 5.74) is -0.826. The number of aromatic nitrogens is 2. The fraction of sp³-hybridized carbons (Fsp3) is 0.389. The standard InChI is InChI=1S/C18H18F3N3O4/c1-26-15-5-6-16(23-22-15)28-14-7-8-24(10-14)17(25)11-27-13-4-2-3-12(9-13)18(19,20)21/h2-6,9,14H,7-8,10-11H2,1H3. The molecule has 7 nitrogen and oxygen atoms in total. The van der Waals surface area contributed by atoms with Gasteiger partial charge in [-0.05, 0) is 18.2 Å². The first-order valence-electron chi connectivity index (χ1n) is 8.47. The van der Waals surface area contributed by atoms with Crippen LogP contribution >= 0.6 is 0 Å². The molecule has 1 aromatic heterocycles. The summed E-state index contributed by atoms with van der Waals surface area (Å²) < 4.78 is 54.0. The molecule has 1 atom stereocenters. The Labute approximate surface area is 159 Å². The van der Waals surface area contributed by atoms with Crippen LogP contribution in [-0.4, -0.2) is 53.9 Å². The van der Waals surface area contributed by atoms with Gasteiger partial charge in [-0.1, -0.05) is 6.07 Å². The molecule has 10 heteroatoms. The first-order valence-corrected chi connectivity index (χ1v) is 8.47. The van der Waals surface area contributed by atoms with Crippen molar-refractivity contribution in [2.75, 3.05) is 26.8 Å². The third kappa shape index (κ3) is 5.02. The fourth-order valence-corrected chi connectivity index (χ4v) is 2.70. The molecule has 0 radical (unpaired) electrons. The normalized spacial score (nSPS) is 16.7. The first kappa shape index (κ1) is 19.7. The fourth-order valence-electron chi connectivity index (χ4n) is 2.70. The number of alkyl halides is 3. The van der Waals surface area contributed by atoms with Crippen LogP contribution in [0.3, 0.4) is 0 Å². The van der Waals surface area contributed by atoms with E-state index in [0.29, 0.717) is 31.3 Å². The van der Waals surface area contributed by atoms with E-state index in [1.165, 1.54) is 24.1 Å². The van der Waals surface area contributed by atoms with Crippen molar-refractivity contribution in [1.82, 2.24) is 15.1 Å². The van der Waals surface area contributed by atoms with Crippen molar-refractivity contribution >= 4 is 5.91 Å². The van der Waals surface area contributed by atoms with Crippen LogP contribution in [0.5, 0.6) is 17.5 Å². The summed E-state index contributed by atoms with van der Waals surface area (Å²) in [5.74, 6) is 0.343. The van der Waals surface area contributed by atoms with Crippen LogP contribution in [0.15, 0.2) is 36.4 Å². The minimum Gasteiger partial charge on any atom is -0.484 e. The van der Waals surface area contributed by atoms with Crippen molar-refractivity contribution in [2.45, 2.75) is 18.7 Å². The summed E-state index contributed by atoms with van der Waals surface area (Å²) in [6.07, 6.45) is -4.11. The Morgan fingerprint density at radius 1 is 1.21 bits per heavy atom. The van der Waals surface area contributed by atoms with Gasteiger partial charge in [0, 0.05) is 25.1 Å². The predicted octanol–water partition coefficient (Wildman–Crippen LogP) is 2.56. The Kier molecular flexibility index (Phi) is 5.86. The van der Waals surface area contributed by atoms with Crippen LogP contribution in [-0.2, 0) is 11.0 Å². The highest BCUT2D eigenvalue weighted by molar-refractivity contribution is 5.78. The maximum atomic E-state index is 12.7. The zero-order chi connectivity index (χ0) is 20.1. The number of likely N-dealkylation sites (tertiary alicyclic amines) is 1. The van der Waals surface area contributed by atoms with E-state index in [9.17, 15) is 18.0 Å². The second kappa shape index (κ2) is 8.32. The molecule has 1 aromatic carbocycles. The molecule has 1 fully saturated rings. The Balaban J connectivity index is 1.49. The molecule has 1 aliphatic heterocycles. The molecule has 28 heavy (non-hydrogen) atoms. The quantitative estimate of drug-likeness (QED) is 0.746. The SMILES string of the molecule is COc1ccc(OC2CCN(C(=O)COc3cccc(C(F)(F)F)c3)C2)nn1. The summed E-state index contributed by atoms with van der Waals surface area (Å²) in [5, 5.41) is 7.67. The Bertz CT molecular complexity index is 814. The number of rotatable bonds is 6. The van der Waals surface area contributed by atoms with E-state index in [4.69, 9.17) is 14.2 Å². The molecule has 0 N–H and O–H groups in total. The average Bonchev–Trinajstić information content (AvgIpc) is 3.15.